The first-order valence-corrected chi connectivity index (χ1v) is 5.77. The standard InChI is InChI=1S/C13H22NO/c1-3-5-7-9-11-14(13-15)12-10-8-6-4-2/h7-10H,3-6,11-12H2,1-2H3. The molecule has 2 heteroatoms. The lowest BCUT2D eigenvalue weighted by Crippen LogP contribution is -2.21. The van der Waals surface area contributed by atoms with Crippen LogP contribution in [0.25, 0.3) is 0 Å². The molecule has 1 radical (unpaired) electrons. The van der Waals surface area contributed by atoms with Crippen LogP contribution < -0.4 is 0 Å². The third-order valence-electron chi connectivity index (χ3n) is 2.02. The van der Waals surface area contributed by atoms with Gasteiger partial charge in [0.25, 0.3) is 0 Å². The topological polar surface area (TPSA) is 20.3 Å². The SMILES string of the molecule is CCCC=CCN([C]=O)CC=CCCC. The first-order valence-electron chi connectivity index (χ1n) is 5.77. The van der Waals surface area contributed by atoms with E-state index < -0.39 is 0 Å². The summed E-state index contributed by atoms with van der Waals surface area (Å²) < 4.78 is 0. The molecule has 0 aliphatic carbocycles. The summed E-state index contributed by atoms with van der Waals surface area (Å²) in [6.45, 7) is 5.61. The third-order valence-corrected chi connectivity index (χ3v) is 2.02. The summed E-state index contributed by atoms with van der Waals surface area (Å²) in [7, 11) is 0. The van der Waals surface area contributed by atoms with Gasteiger partial charge in [0.15, 0.2) is 0 Å². The fourth-order valence-electron chi connectivity index (χ4n) is 1.12. The van der Waals surface area contributed by atoms with E-state index in [4.69, 9.17) is 0 Å². The Morgan fingerprint density at radius 1 is 0.933 bits per heavy atom. The Labute approximate surface area is 93.7 Å². The van der Waals surface area contributed by atoms with Gasteiger partial charge in [-0.2, -0.15) is 0 Å². The summed E-state index contributed by atoms with van der Waals surface area (Å²) >= 11 is 0. The normalized spacial score (nSPS) is 11.3. The molecule has 0 rings (SSSR count). The molecule has 0 bridgehead atoms. The lowest BCUT2D eigenvalue weighted by Gasteiger charge is -2.10. The first kappa shape index (κ1) is 13.9. The van der Waals surface area contributed by atoms with E-state index in [1.807, 2.05) is 18.6 Å². The molecular formula is C13H22NO. The maximum absolute atomic E-state index is 10.6. The Morgan fingerprint density at radius 3 is 1.73 bits per heavy atom. The van der Waals surface area contributed by atoms with Gasteiger partial charge >= 0.3 is 6.41 Å². The lowest BCUT2D eigenvalue weighted by molar-refractivity contribution is 0.436. The maximum atomic E-state index is 10.6. The molecule has 2 nitrogen and oxygen atoms in total. The molecular weight excluding hydrogens is 186 g/mol. The van der Waals surface area contributed by atoms with E-state index in [0.717, 1.165) is 25.7 Å². The van der Waals surface area contributed by atoms with Gasteiger partial charge in [-0.25, -0.2) is 0 Å². The second-order valence-corrected chi connectivity index (χ2v) is 3.52. The number of nitrogens with zero attached hydrogens (tertiary/aromatic N) is 1. The van der Waals surface area contributed by atoms with Gasteiger partial charge < -0.3 is 4.90 Å². The van der Waals surface area contributed by atoms with E-state index in [9.17, 15) is 4.79 Å². The highest BCUT2D eigenvalue weighted by Gasteiger charge is 1.95. The number of hydrogen-bond acceptors (Lipinski definition) is 1. The highest BCUT2D eigenvalue weighted by Crippen LogP contribution is 1.93. The van der Waals surface area contributed by atoms with Crippen molar-refractivity contribution in [3.63, 3.8) is 0 Å². The van der Waals surface area contributed by atoms with Gasteiger partial charge in [0.2, 0.25) is 0 Å². The maximum Gasteiger partial charge on any atom is 0.312 e. The summed E-state index contributed by atoms with van der Waals surface area (Å²) in [4.78, 5) is 12.2. The molecule has 0 heterocycles. The molecule has 0 aromatic carbocycles. The van der Waals surface area contributed by atoms with Crippen LogP contribution in [-0.2, 0) is 4.79 Å². The van der Waals surface area contributed by atoms with Crippen molar-refractivity contribution in [2.45, 2.75) is 39.5 Å². The summed E-state index contributed by atoms with van der Waals surface area (Å²) in [5, 5.41) is 0. The van der Waals surface area contributed by atoms with Gasteiger partial charge in [-0.15, -0.1) is 0 Å². The van der Waals surface area contributed by atoms with Crippen LogP contribution >= 0.6 is 0 Å². The van der Waals surface area contributed by atoms with Gasteiger partial charge in [0.1, 0.15) is 0 Å². The number of unbranched alkanes of at least 4 members (excludes halogenated alkanes) is 2. The van der Waals surface area contributed by atoms with Crippen molar-refractivity contribution in [1.29, 1.82) is 0 Å². The third kappa shape index (κ3) is 9.26. The zero-order chi connectivity index (χ0) is 11.4. The van der Waals surface area contributed by atoms with Crippen molar-refractivity contribution in [1.82, 2.24) is 4.90 Å². The molecule has 0 aliphatic heterocycles. The van der Waals surface area contributed by atoms with Gasteiger partial charge in [-0.05, 0) is 12.8 Å². The van der Waals surface area contributed by atoms with Crippen LogP contribution in [0.5, 0.6) is 0 Å². The number of amides is 1. The Hall–Kier alpha value is -1.05. The Bertz CT molecular complexity index is 179. The highest BCUT2D eigenvalue weighted by molar-refractivity contribution is 5.48. The Morgan fingerprint density at radius 2 is 1.40 bits per heavy atom. The molecule has 0 spiro atoms. The average molecular weight is 208 g/mol. The highest BCUT2D eigenvalue weighted by atomic mass is 16.1. The zero-order valence-corrected chi connectivity index (χ0v) is 9.91. The molecule has 1 amide bonds. The molecule has 0 aromatic heterocycles. The van der Waals surface area contributed by atoms with E-state index in [1.54, 1.807) is 4.90 Å². The van der Waals surface area contributed by atoms with Crippen molar-refractivity contribution in [2.75, 3.05) is 13.1 Å². The molecule has 0 fully saturated rings. The fraction of sp³-hybridized carbons (Fsp3) is 0.615. The first-order chi connectivity index (χ1) is 7.35. The summed E-state index contributed by atoms with van der Waals surface area (Å²) in [6, 6.07) is 0. The van der Waals surface area contributed by atoms with Crippen molar-refractivity contribution in [3.8, 4) is 0 Å². The van der Waals surface area contributed by atoms with Crippen molar-refractivity contribution in [3.05, 3.63) is 24.3 Å². The van der Waals surface area contributed by atoms with Gasteiger partial charge in [-0.3, -0.25) is 4.79 Å². The summed E-state index contributed by atoms with van der Waals surface area (Å²) in [5.74, 6) is 0. The van der Waals surface area contributed by atoms with Crippen LogP contribution in [0.15, 0.2) is 24.3 Å². The van der Waals surface area contributed by atoms with Crippen molar-refractivity contribution in [2.24, 2.45) is 0 Å². The van der Waals surface area contributed by atoms with E-state index >= 15 is 0 Å². The second-order valence-electron chi connectivity index (χ2n) is 3.52. The molecule has 0 atom stereocenters. The summed E-state index contributed by atoms with van der Waals surface area (Å²) in [5.41, 5.74) is 0. The van der Waals surface area contributed by atoms with Gasteiger partial charge in [0, 0.05) is 13.1 Å². The molecule has 85 valence electrons. The van der Waals surface area contributed by atoms with Gasteiger partial charge in [-0.1, -0.05) is 51.0 Å². The van der Waals surface area contributed by atoms with Crippen molar-refractivity contribution < 1.29 is 4.79 Å². The largest absolute Gasteiger partial charge is 0.327 e. The average Bonchev–Trinajstić information content (AvgIpc) is 2.27. The smallest absolute Gasteiger partial charge is 0.312 e. The number of carbonyl (C=O) groups excluding carboxylic acids is 1. The van der Waals surface area contributed by atoms with E-state index in [2.05, 4.69) is 26.0 Å². The number of rotatable bonds is 9. The molecule has 0 aromatic rings. The Kier molecular flexibility index (Phi) is 10.3. The quantitative estimate of drug-likeness (QED) is 0.421. The molecule has 0 aliphatic rings. The minimum atomic E-state index is 0.667. The predicted octanol–water partition coefficient (Wildman–Crippen LogP) is 3.07. The predicted molar refractivity (Wildman–Crippen MR) is 65.4 cm³/mol. The van der Waals surface area contributed by atoms with Crippen LogP contribution in [0.4, 0.5) is 0 Å². The molecule has 0 saturated carbocycles. The van der Waals surface area contributed by atoms with E-state index in [0.29, 0.717) is 13.1 Å². The van der Waals surface area contributed by atoms with Gasteiger partial charge in [0.05, 0.1) is 0 Å². The number of hydrogen-bond donors (Lipinski definition) is 0. The fourth-order valence-corrected chi connectivity index (χ4v) is 1.12. The van der Waals surface area contributed by atoms with Crippen LogP contribution in [0.3, 0.4) is 0 Å². The molecule has 0 saturated heterocycles. The second kappa shape index (κ2) is 11.0. The minimum absolute atomic E-state index is 0.667. The zero-order valence-electron chi connectivity index (χ0n) is 9.91. The van der Waals surface area contributed by atoms with Crippen LogP contribution in [0.1, 0.15) is 39.5 Å². The van der Waals surface area contributed by atoms with E-state index in [-0.39, 0.29) is 0 Å². The lowest BCUT2D eigenvalue weighted by atomic mass is 10.3. The molecule has 0 unspecified atom stereocenters. The van der Waals surface area contributed by atoms with Crippen LogP contribution in [0.2, 0.25) is 0 Å². The number of allylic oxidation sites excluding steroid dienone is 2. The molecule has 15 heavy (non-hydrogen) atoms. The van der Waals surface area contributed by atoms with Crippen LogP contribution in [0, 0.1) is 0 Å². The van der Waals surface area contributed by atoms with E-state index in [1.165, 1.54) is 0 Å². The van der Waals surface area contributed by atoms with Crippen LogP contribution in [-0.4, -0.2) is 24.4 Å². The Balaban J connectivity index is 3.67. The monoisotopic (exact) mass is 208 g/mol. The summed E-state index contributed by atoms with van der Waals surface area (Å²) in [6.07, 6.45) is 14.7. The van der Waals surface area contributed by atoms with Crippen molar-refractivity contribution >= 4 is 6.41 Å². The minimum Gasteiger partial charge on any atom is -0.327 e. The molecule has 0 N–H and O–H groups in total.